The van der Waals surface area contributed by atoms with Crippen molar-refractivity contribution in [2.24, 2.45) is 5.41 Å². The number of ether oxygens (including phenoxy) is 2. The summed E-state index contributed by atoms with van der Waals surface area (Å²) in [5, 5.41) is 0. The average Bonchev–Trinajstić information content (AvgIpc) is 2.94. The van der Waals surface area contributed by atoms with Gasteiger partial charge >= 0.3 is 19.5 Å². The van der Waals surface area contributed by atoms with Crippen LogP contribution in [0.2, 0.25) is 0 Å². The standard InChI is InChI=1S/C18H25FN3O8P/c1-5-7-18-9-27-31(25,28-10-26-15(23)17(2,3)4)30-13(18)12(19)14(29-18)22-8-6-11(20)21-16(22)24/h5-8,12-14H,9-10H2,1-4H3,(H2,20,21,24). The molecular formula is C18H25FN3O8P. The van der Waals surface area contributed by atoms with Gasteiger partial charge in [-0.25, -0.2) is 18.3 Å². The molecule has 0 aromatic carbocycles. The Hall–Kier alpha value is -2.11. The Morgan fingerprint density at radius 3 is 2.84 bits per heavy atom. The molecule has 31 heavy (non-hydrogen) atoms. The first kappa shape index (κ1) is 23.6. The van der Waals surface area contributed by atoms with E-state index in [0.717, 1.165) is 4.57 Å². The van der Waals surface area contributed by atoms with Gasteiger partial charge in [0.25, 0.3) is 0 Å². The van der Waals surface area contributed by atoms with Crippen LogP contribution < -0.4 is 11.4 Å². The zero-order valence-corrected chi connectivity index (χ0v) is 18.4. The molecule has 2 aliphatic rings. The summed E-state index contributed by atoms with van der Waals surface area (Å²) >= 11 is 0. The predicted molar refractivity (Wildman–Crippen MR) is 105 cm³/mol. The summed E-state index contributed by atoms with van der Waals surface area (Å²) in [5.41, 5.74) is 2.38. The number of nitrogen functional groups attached to an aromatic ring is 1. The molecule has 2 N–H and O–H groups in total. The fourth-order valence-electron chi connectivity index (χ4n) is 3.11. The zero-order valence-electron chi connectivity index (χ0n) is 17.5. The third-order valence-corrected chi connectivity index (χ3v) is 6.01. The number of phosphoric acid groups is 1. The highest BCUT2D eigenvalue weighted by Gasteiger charge is 2.62. The van der Waals surface area contributed by atoms with Gasteiger partial charge in [-0.05, 0) is 33.8 Å². The van der Waals surface area contributed by atoms with Gasteiger partial charge in [0, 0.05) is 6.20 Å². The third kappa shape index (κ3) is 4.73. The summed E-state index contributed by atoms with van der Waals surface area (Å²) in [6, 6.07) is 1.32. The third-order valence-electron chi connectivity index (χ3n) is 4.66. The Kier molecular flexibility index (Phi) is 6.41. The van der Waals surface area contributed by atoms with Crippen molar-refractivity contribution in [2.75, 3.05) is 19.1 Å². The normalized spacial score (nSPS) is 33.4. The van der Waals surface area contributed by atoms with Crippen molar-refractivity contribution < 1.29 is 36.8 Å². The number of alkyl halides is 1. The molecule has 2 fully saturated rings. The van der Waals surface area contributed by atoms with Crippen LogP contribution in [0, 0.1) is 5.41 Å². The van der Waals surface area contributed by atoms with Crippen molar-refractivity contribution in [3.8, 4) is 0 Å². The molecule has 3 heterocycles. The summed E-state index contributed by atoms with van der Waals surface area (Å²) in [7, 11) is -4.29. The maximum absolute atomic E-state index is 15.4. The van der Waals surface area contributed by atoms with Crippen LogP contribution in [0.15, 0.2) is 29.2 Å². The topological polar surface area (TPSA) is 141 Å². The number of aromatic nitrogens is 2. The number of nitrogens with two attached hydrogens (primary N) is 1. The van der Waals surface area contributed by atoms with Crippen LogP contribution in [-0.4, -0.2) is 46.8 Å². The number of anilines is 1. The molecule has 2 aliphatic heterocycles. The molecule has 0 bridgehead atoms. The second-order valence-electron chi connectivity index (χ2n) is 8.13. The summed E-state index contributed by atoms with van der Waals surface area (Å²) in [6.45, 7) is 5.47. The first-order valence-corrected chi connectivity index (χ1v) is 10.9. The zero-order chi connectivity index (χ0) is 23.0. The molecule has 5 unspecified atom stereocenters. The molecule has 1 aromatic rings. The van der Waals surface area contributed by atoms with E-state index in [4.69, 9.17) is 28.8 Å². The first-order valence-electron chi connectivity index (χ1n) is 9.46. The second-order valence-corrected chi connectivity index (χ2v) is 9.75. The fraction of sp³-hybridized carbons (Fsp3) is 0.611. The highest BCUT2D eigenvalue weighted by Crippen LogP contribution is 2.60. The number of nitrogens with zero attached hydrogens (tertiary/aromatic N) is 2. The van der Waals surface area contributed by atoms with Crippen LogP contribution in [0.5, 0.6) is 0 Å². The van der Waals surface area contributed by atoms with Crippen LogP contribution in [0.4, 0.5) is 10.2 Å². The lowest BCUT2D eigenvalue weighted by Crippen LogP contribution is -2.49. The molecule has 0 saturated carbocycles. The lowest BCUT2D eigenvalue weighted by atomic mass is 9.96. The lowest BCUT2D eigenvalue weighted by Gasteiger charge is -2.37. The van der Waals surface area contributed by atoms with Gasteiger partial charge in [0.15, 0.2) is 12.4 Å². The summed E-state index contributed by atoms with van der Waals surface area (Å²) in [4.78, 5) is 27.6. The van der Waals surface area contributed by atoms with Gasteiger partial charge < -0.3 is 15.2 Å². The minimum Gasteiger partial charge on any atom is -0.437 e. The molecule has 3 rings (SSSR count). The van der Waals surface area contributed by atoms with E-state index in [0.29, 0.717) is 0 Å². The Bertz CT molecular complexity index is 977. The monoisotopic (exact) mass is 461 g/mol. The van der Waals surface area contributed by atoms with E-state index >= 15 is 4.39 Å². The number of hydrogen-bond donors (Lipinski definition) is 1. The minimum absolute atomic E-state index is 0.0301. The number of allylic oxidation sites excluding steroid dienone is 1. The van der Waals surface area contributed by atoms with E-state index in [9.17, 15) is 14.2 Å². The largest absolute Gasteiger partial charge is 0.478 e. The summed E-state index contributed by atoms with van der Waals surface area (Å²) in [5.74, 6) is -0.625. The van der Waals surface area contributed by atoms with Crippen molar-refractivity contribution in [2.45, 2.75) is 51.8 Å². The Morgan fingerprint density at radius 1 is 1.52 bits per heavy atom. The maximum atomic E-state index is 15.4. The Balaban J connectivity index is 1.80. The first-order chi connectivity index (χ1) is 14.4. The molecule has 0 radical (unpaired) electrons. The number of carbonyl (C=O) groups is 1. The van der Waals surface area contributed by atoms with E-state index in [-0.39, 0.29) is 12.4 Å². The van der Waals surface area contributed by atoms with Gasteiger partial charge in [-0.1, -0.05) is 12.2 Å². The quantitative estimate of drug-likeness (QED) is 0.300. The SMILES string of the molecule is CC=CC12COP(=O)(OCOC(=O)C(C)(C)C)OC1C(F)C(n1ccc(N)nc1=O)O2. The second kappa shape index (κ2) is 8.44. The summed E-state index contributed by atoms with van der Waals surface area (Å²) < 4.78 is 55.5. The van der Waals surface area contributed by atoms with E-state index in [2.05, 4.69) is 4.98 Å². The molecule has 0 aliphatic carbocycles. The van der Waals surface area contributed by atoms with Gasteiger partial charge in [0.1, 0.15) is 17.5 Å². The number of fused-ring (bicyclic) bond motifs is 1. The van der Waals surface area contributed by atoms with Crippen LogP contribution >= 0.6 is 7.82 Å². The highest BCUT2D eigenvalue weighted by atomic mass is 31.2. The number of esters is 1. The predicted octanol–water partition coefficient (Wildman–Crippen LogP) is 2.09. The number of rotatable bonds is 5. The van der Waals surface area contributed by atoms with Gasteiger partial charge in [-0.15, -0.1) is 0 Å². The van der Waals surface area contributed by atoms with Crippen molar-refractivity contribution >= 4 is 19.6 Å². The molecular weight excluding hydrogens is 436 g/mol. The molecule has 5 atom stereocenters. The van der Waals surface area contributed by atoms with E-state index in [1.165, 1.54) is 18.3 Å². The van der Waals surface area contributed by atoms with Crippen LogP contribution in [-0.2, 0) is 32.4 Å². The molecule has 0 amide bonds. The number of carbonyl (C=O) groups excluding carboxylic acids is 1. The molecule has 0 spiro atoms. The van der Waals surface area contributed by atoms with Gasteiger partial charge in [0.2, 0.25) is 6.79 Å². The fourth-order valence-corrected chi connectivity index (χ4v) is 4.42. The van der Waals surface area contributed by atoms with Crippen LogP contribution in [0.1, 0.15) is 33.9 Å². The van der Waals surface area contributed by atoms with Gasteiger partial charge in [-0.3, -0.25) is 18.4 Å². The smallest absolute Gasteiger partial charge is 0.437 e. The lowest BCUT2D eigenvalue weighted by molar-refractivity contribution is -0.163. The Labute approximate surface area is 177 Å². The van der Waals surface area contributed by atoms with Crippen molar-refractivity contribution in [3.05, 3.63) is 34.9 Å². The molecule has 11 nitrogen and oxygen atoms in total. The minimum atomic E-state index is -4.29. The molecule has 13 heteroatoms. The maximum Gasteiger partial charge on any atom is 0.478 e. The van der Waals surface area contributed by atoms with Gasteiger partial charge in [0.05, 0.1) is 12.0 Å². The van der Waals surface area contributed by atoms with E-state index in [1.54, 1.807) is 33.8 Å². The van der Waals surface area contributed by atoms with Crippen LogP contribution in [0.3, 0.4) is 0 Å². The van der Waals surface area contributed by atoms with Gasteiger partial charge in [-0.2, -0.15) is 4.98 Å². The van der Waals surface area contributed by atoms with E-state index in [1.807, 2.05) is 0 Å². The Morgan fingerprint density at radius 2 is 2.23 bits per heavy atom. The average molecular weight is 461 g/mol. The van der Waals surface area contributed by atoms with Crippen molar-refractivity contribution in [3.63, 3.8) is 0 Å². The van der Waals surface area contributed by atoms with E-state index < -0.39 is 55.8 Å². The highest BCUT2D eigenvalue weighted by molar-refractivity contribution is 7.48. The van der Waals surface area contributed by atoms with Crippen molar-refractivity contribution in [1.29, 1.82) is 0 Å². The summed E-state index contributed by atoms with van der Waals surface area (Å²) in [6.07, 6.45) is -0.487. The van der Waals surface area contributed by atoms with Crippen molar-refractivity contribution in [1.82, 2.24) is 9.55 Å². The molecule has 2 saturated heterocycles. The number of halogens is 1. The molecule has 172 valence electrons. The number of hydrogen-bond acceptors (Lipinski definition) is 10. The molecule has 1 aromatic heterocycles. The number of phosphoric ester groups is 1. The van der Waals surface area contributed by atoms with Crippen LogP contribution in [0.25, 0.3) is 0 Å².